The van der Waals surface area contributed by atoms with Gasteiger partial charge in [0.1, 0.15) is 5.75 Å². The molecule has 3 aromatic rings. The Hall–Kier alpha value is -2.88. The van der Waals surface area contributed by atoms with Crippen LogP contribution >= 0.6 is 0 Å². The van der Waals surface area contributed by atoms with Gasteiger partial charge in [0.25, 0.3) is 0 Å². The predicted molar refractivity (Wildman–Crippen MR) is 95.0 cm³/mol. The highest BCUT2D eigenvalue weighted by atomic mass is 16.5. The number of aromatic nitrogens is 1. The van der Waals surface area contributed by atoms with Crippen molar-refractivity contribution in [2.75, 3.05) is 7.11 Å². The number of carbonyl (C=O) groups excluding carboxylic acids is 1. The second kappa shape index (κ2) is 7.13. The van der Waals surface area contributed by atoms with Crippen LogP contribution in [0.5, 0.6) is 5.75 Å². The first-order valence-corrected chi connectivity index (χ1v) is 7.91. The highest BCUT2D eigenvalue weighted by Gasteiger charge is 2.15. The van der Waals surface area contributed by atoms with Crippen molar-refractivity contribution in [3.8, 4) is 5.75 Å². The molecule has 0 aliphatic rings. The molecule has 4 heteroatoms. The van der Waals surface area contributed by atoms with Crippen molar-refractivity contribution in [3.05, 3.63) is 72.1 Å². The number of nitrogens with one attached hydrogen (secondary N) is 1. The third-order valence-corrected chi connectivity index (χ3v) is 4.15. The molecule has 0 aliphatic carbocycles. The van der Waals surface area contributed by atoms with Crippen molar-refractivity contribution in [1.82, 2.24) is 10.3 Å². The van der Waals surface area contributed by atoms with Crippen molar-refractivity contribution >= 4 is 16.7 Å². The van der Waals surface area contributed by atoms with Gasteiger partial charge in [-0.3, -0.25) is 9.78 Å². The lowest BCUT2D eigenvalue weighted by molar-refractivity contribution is -0.122. The van der Waals surface area contributed by atoms with E-state index in [0.717, 1.165) is 27.6 Å². The van der Waals surface area contributed by atoms with Crippen molar-refractivity contribution in [1.29, 1.82) is 0 Å². The quantitative estimate of drug-likeness (QED) is 0.780. The molecule has 3 rings (SSSR count). The van der Waals surface area contributed by atoms with Gasteiger partial charge in [-0.1, -0.05) is 30.3 Å². The van der Waals surface area contributed by atoms with E-state index in [0.29, 0.717) is 6.54 Å². The Labute approximate surface area is 141 Å². The van der Waals surface area contributed by atoms with E-state index >= 15 is 0 Å². The van der Waals surface area contributed by atoms with Crippen LogP contribution in [0.4, 0.5) is 0 Å². The first-order valence-electron chi connectivity index (χ1n) is 7.91. The standard InChI is InChI=1S/C20H20N2O2/c1-14(20(23)22-13-15-4-3-9-21-12-15)16-5-6-18-11-19(24-2)8-7-17(18)10-16/h3-12,14H,13H2,1-2H3,(H,22,23)/t14-/m1/s1. The van der Waals surface area contributed by atoms with E-state index in [1.54, 1.807) is 19.5 Å². The lowest BCUT2D eigenvalue weighted by Crippen LogP contribution is -2.27. The summed E-state index contributed by atoms with van der Waals surface area (Å²) in [6.45, 7) is 2.41. The lowest BCUT2D eigenvalue weighted by atomic mass is 9.97. The minimum absolute atomic E-state index is 0.00622. The van der Waals surface area contributed by atoms with Gasteiger partial charge in [-0.05, 0) is 47.0 Å². The molecule has 0 spiro atoms. The molecule has 0 saturated heterocycles. The Morgan fingerprint density at radius 3 is 2.71 bits per heavy atom. The number of carbonyl (C=O) groups is 1. The van der Waals surface area contributed by atoms with E-state index in [9.17, 15) is 4.79 Å². The number of fused-ring (bicyclic) bond motifs is 1. The molecule has 1 amide bonds. The summed E-state index contributed by atoms with van der Waals surface area (Å²) in [6, 6.07) is 15.8. The average molecular weight is 320 g/mol. The summed E-state index contributed by atoms with van der Waals surface area (Å²) in [5.74, 6) is 0.623. The largest absolute Gasteiger partial charge is 0.497 e. The smallest absolute Gasteiger partial charge is 0.227 e. The van der Waals surface area contributed by atoms with Gasteiger partial charge in [0.2, 0.25) is 5.91 Å². The third kappa shape index (κ3) is 3.54. The molecule has 122 valence electrons. The van der Waals surface area contributed by atoms with Gasteiger partial charge < -0.3 is 10.1 Å². The normalized spacial score (nSPS) is 11.9. The van der Waals surface area contributed by atoms with E-state index < -0.39 is 0 Å². The molecule has 0 fully saturated rings. The molecule has 4 nitrogen and oxygen atoms in total. The van der Waals surface area contributed by atoms with Gasteiger partial charge in [0, 0.05) is 18.9 Å². The molecule has 2 aromatic carbocycles. The molecule has 0 unspecified atom stereocenters. The van der Waals surface area contributed by atoms with Crippen molar-refractivity contribution in [2.24, 2.45) is 0 Å². The number of pyridine rings is 1. The summed E-state index contributed by atoms with van der Waals surface area (Å²) >= 11 is 0. The van der Waals surface area contributed by atoms with Crippen LogP contribution in [0.25, 0.3) is 10.8 Å². The minimum atomic E-state index is -0.215. The second-order valence-electron chi connectivity index (χ2n) is 5.77. The molecular formula is C20H20N2O2. The topological polar surface area (TPSA) is 51.2 Å². The predicted octanol–water partition coefficient (Wildman–Crippen LogP) is 3.66. The molecule has 24 heavy (non-hydrogen) atoms. The van der Waals surface area contributed by atoms with E-state index in [1.165, 1.54) is 0 Å². The summed E-state index contributed by atoms with van der Waals surface area (Å²) in [5, 5.41) is 5.16. The first-order chi connectivity index (χ1) is 11.7. The summed E-state index contributed by atoms with van der Waals surface area (Å²) < 4.78 is 5.24. The zero-order valence-electron chi connectivity index (χ0n) is 13.8. The molecule has 1 N–H and O–H groups in total. The monoisotopic (exact) mass is 320 g/mol. The van der Waals surface area contributed by atoms with Crippen LogP contribution in [-0.2, 0) is 11.3 Å². The van der Waals surface area contributed by atoms with Crippen LogP contribution in [0.2, 0.25) is 0 Å². The molecule has 0 aliphatic heterocycles. The maximum Gasteiger partial charge on any atom is 0.227 e. The van der Waals surface area contributed by atoms with Gasteiger partial charge in [-0.25, -0.2) is 0 Å². The van der Waals surface area contributed by atoms with Crippen molar-refractivity contribution in [2.45, 2.75) is 19.4 Å². The van der Waals surface area contributed by atoms with Gasteiger partial charge >= 0.3 is 0 Å². The number of benzene rings is 2. The van der Waals surface area contributed by atoms with Crippen LogP contribution in [0.3, 0.4) is 0 Å². The number of rotatable bonds is 5. The van der Waals surface area contributed by atoms with Crippen molar-refractivity contribution in [3.63, 3.8) is 0 Å². The van der Waals surface area contributed by atoms with Crippen LogP contribution in [0, 0.1) is 0 Å². The fourth-order valence-electron chi connectivity index (χ4n) is 2.63. The van der Waals surface area contributed by atoms with Gasteiger partial charge in [-0.15, -0.1) is 0 Å². The Balaban J connectivity index is 1.72. The Kier molecular flexibility index (Phi) is 4.75. The van der Waals surface area contributed by atoms with E-state index in [1.807, 2.05) is 49.4 Å². The summed E-state index contributed by atoms with van der Waals surface area (Å²) in [6.07, 6.45) is 3.48. The van der Waals surface area contributed by atoms with E-state index in [4.69, 9.17) is 4.74 Å². The lowest BCUT2D eigenvalue weighted by Gasteiger charge is -2.13. The molecule has 0 saturated carbocycles. The molecule has 1 aromatic heterocycles. The Morgan fingerprint density at radius 2 is 1.96 bits per heavy atom. The SMILES string of the molecule is COc1ccc2cc([C@@H](C)C(=O)NCc3cccnc3)ccc2c1. The third-order valence-electron chi connectivity index (χ3n) is 4.15. The highest BCUT2D eigenvalue weighted by Crippen LogP contribution is 2.25. The molecule has 1 atom stereocenters. The fourth-order valence-corrected chi connectivity index (χ4v) is 2.63. The summed E-state index contributed by atoms with van der Waals surface area (Å²) in [5.41, 5.74) is 1.99. The zero-order chi connectivity index (χ0) is 16.9. The zero-order valence-corrected chi connectivity index (χ0v) is 13.8. The average Bonchev–Trinajstić information content (AvgIpc) is 2.65. The van der Waals surface area contributed by atoms with Crippen LogP contribution < -0.4 is 10.1 Å². The van der Waals surface area contributed by atoms with Crippen LogP contribution in [0.15, 0.2) is 60.9 Å². The van der Waals surface area contributed by atoms with Crippen molar-refractivity contribution < 1.29 is 9.53 Å². The first kappa shape index (κ1) is 16.0. The van der Waals surface area contributed by atoms with Gasteiger partial charge in [0.05, 0.1) is 13.0 Å². The summed E-state index contributed by atoms with van der Waals surface area (Å²) in [4.78, 5) is 16.5. The fraction of sp³-hybridized carbons (Fsp3) is 0.200. The Morgan fingerprint density at radius 1 is 1.17 bits per heavy atom. The maximum absolute atomic E-state index is 12.4. The van der Waals surface area contributed by atoms with E-state index in [2.05, 4.69) is 16.4 Å². The van der Waals surface area contributed by atoms with Crippen LogP contribution in [-0.4, -0.2) is 18.0 Å². The molecule has 0 radical (unpaired) electrons. The van der Waals surface area contributed by atoms with Gasteiger partial charge in [-0.2, -0.15) is 0 Å². The highest BCUT2D eigenvalue weighted by molar-refractivity contribution is 5.88. The molecular weight excluding hydrogens is 300 g/mol. The minimum Gasteiger partial charge on any atom is -0.497 e. The molecule has 0 bridgehead atoms. The van der Waals surface area contributed by atoms with Gasteiger partial charge in [0.15, 0.2) is 0 Å². The number of nitrogens with zero attached hydrogens (tertiary/aromatic N) is 1. The summed E-state index contributed by atoms with van der Waals surface area (Å²) in [7, 11) is 1.66. The van der Waals surface area contributed by atoms with E-state index in [-0.39, 0.29) is 11.8 Å². The number of methoxy groups -OCH3 is 1. The Bertz CT molecular complexity index is 847. The van der Waals surface area contributed by atoms with Crippen LogP contribution in [0.1, 0.15) is 24.0 Å². The number of hydrogen-bond acceptors (Lipinski definition) is 3. The number of hydrogen-bond donors (Lipinski definition) is 1. The molecule has 1 heterocycles. The number of amides is 1. The number of ether oxygens (including phenoxy) is 1. The maximum atomic E-state index is 12.4. The second-order valence-corrected chi connectivity index (χ2v) is 5.77.